The lowest BCUT2D eigenvalue weighted by Crippen LogP contribution is -2.35. The fraction of sp³-hybridized carbons (Fsp3) is 0.0312. The molecule has 0 fully saturated rings. The Bertz CT molecular complexity index is 1590. The Hall–Kier alpha value is -4.23. The Morgan fingerprint density at radius 1 is 0.515 bits per heavy atom. The maximum Gasteiger partial charge on any atom is 0.219 e. The highest BCUT2D eigenvalue weighted by atomic mass is 15.0. The minimum atomic E-state index is 1.18. The average molecular weight is 423 g/mol. The molecule has 0 radical (unpaired) electrons. The molecule has 0 atom stereocenters. The normalized spacial score (nSPS) is 11.2. The van der Waals surface area contributed by atoms with Crippen molar-refractivity contribution in [2.75, 3.05) is 0 Å². The number of para-hydroxylation sites is 1. The summed E-state index contributed by atoms with van der Waals surface area (Å²) in [7, 11) is 0. The highest BCUT2D eigenvalue weighted by Crippen LogP contribution is 2.33. The molecule has 5 aromatic carbocycles. The van der Waals surface area contributed by atoms with Gasteiger partial charge in [-0.25, -0.2) is 0 Å². The number of hydrogen-bond acceptors (Lipinski definition) is 0. The van der Waals surface area contributed by atoms with Gasteiger partial charge in [-0.3, -0.25) is 0 Å². The van der Waals surface area contributed by atoms with Crippen molar-refractivity contribution in [1.29, 1.82) is 0 Å². The van der Waals surface area contributed by atoms with E-state index < -0.39 is 0 Å². The van der Waals surface area contributed by atoms with Crippen LogP contribution in [0, 0.1) is 6.92 Å². The zero-order chi connectivity index (χ0) is 22.2. The topological polar surface area (TPSA) is 3.88 Å². The maximum atomic E-state index is 2.43. The van der Waals surface area contributed by atoms with Gasteiger partial charge in [0.2, 0.25) is 16.9 Å². The predicted molar refractivity (Wildman–Crippen MR) is 139 cm³/mol. The molecule has 1 heteroatoms. The standard InChI is InChI=1S/C32H24N/c1-23-18-20-26(21-19-23)32-22-29(25-10-3-2-4-11-25)28-15-7-8-16-31(28)33(32)30-17-9-13-24-12-5-6-14-27(24)30/h2-22H,1H3/q+1. The number of pyridine rings is 1. The fourth-order valence-electron chi connectivity index (χ4n) is 4.76. The third-order valence-corrected chi connectivity index (χ3v) is 6.40. The van der Waals surface area contributed by atoms with Crippen LogP contribution in [0.5, 0.6) is 0 Å². The molecule has 6 rings (SSSR count). The number of nitrogens with zero attached hydrogens (tertiary/aromatic N) is 1. The van der Waals surface area contributed by atoms with E-state index in [9.17, 15) is 0 Å². The summed E-state index contributed by atoms with van der Waals surface area (Å²) in [6, 6.07) is 45.8. The van der Waals surface area contributed by atoms with Crippen molar-refractivity contribution in [2.24, 2.45) is 0 Å². The SMILES string of the molecule is Cc1ccc(-c2cc(-c3ccccc3)c3ccccc3[n+]2-c2cccc3ccccc23)cc1. The van der Waals surface area contributed by atoms with Crippen LogP contribution in [0.3, 0.4) is 0 Å². The second-order valence-corrected chi connectivity index (χ2v) is 8.53. The van der Waals surface area contributed by atoms with Gasteiger partial charge >= 0.3 is 0 Å². The Kier molecular flexibility index (Phi) is 4.74. The molecule has 33 heavy (non-hydrogen) atoms. The van der Waals surface area contributed by atoms with Crippen LogP contribution in [0.2, 0.25) is 0 Å². The molecule has 6 aromatic rings. The molecule has 156 valence electrons. The second kappa shape index (κ2) is 8.03. The van der Waals surface area contributed by atoms with Crippen molar-refractivity contribution >= 4 is 21.7 Å². The smallest absolute Gasteiger partial charge is 0.152 e. The Labute approximate surface area is 194 Å². The van der Waals surface area contributed by atoms with E-state index in [1.807, 2.05) is 0 Å². The molecule has 0 N–H and O–H groups in total. The Balaban J connectivity index is 1.78. The van der Waals surface area contributed by atoms with E-state index in [-0.39, 0.29) is 0 Å². The van der Waals surface area contributed by atoms with Crippen LogP contribution in [0.15, 0.2) is 127 Å². The van der Waals surface area contributed by atoms with E-state index in [1.54, 1.807) is 0 Å². The molecule has 0 amide bonds. The molecule has 1 nitrogen and oxygen atoms in total. The third-order valence-electron chi connectivity index (χ3n) is 6.40. The molecule has 1 heterocycles. The van der Waals surface area contributed by atoms with Crippen molar-refractivity contribution in [3.63, 3.8) is 0 Å². The van der Waals surface area contributed by atoms with Gasteiger partial charge in [-0.15, -0.1) is 0 Å². The van der Waals surface area contributed by atoms with Gasteiger partial charge in [-0.05, 0) is 42.1 Å². The predicted octanol–water partition coefficient (Wildman–Crippen LogP) is 7.91. The van der Waals surface area contributed by atoms with Gasteiger partial charge in [-0.2, -0.15) is 4.57 Å². The van der Waals surface area contributed by atoms with Crippen LogP contribution in [-0.2, 0) is 0 Å². The molecule has 0 aliphatic heterocycles. The van der Waals surface area contributed by atoms with Gasteiger partial charge in [0, 0.05) is 29.3 Å². The molecule has 0 saturated heterocycles. The first kappa shape index (κ1) is 19.5. The average Bonchev–Trinajstić information content (AvgIpc) is 2.88. The van der Waals surface area contributed by atoms with Crippen LogP contribution in [0.1, 0.15) is 5.56 Å². The van der Waals surface area contributed by atoms with Gasteiger partial charge in [0.1, 0.15) is 0 Å². The van der Waals surface area contributed by atoms with E-state index in [4.69, 9.17) is 0 Å². The second-order valence-electron chi connectivity index (χ2n) is 8.53. The summed E-state index contributed by atoms with van der Waals surface area (Å²) in [5.41, 5.74) is 8.52. The lowest BCUT2D eigenvalue weighted by molar-refractivity contribution is -0.553. The summed E-state index contributed by atoms with van der Waals surface area (Å²) >= 11 is 0. The van der Waals surface area contributed by atoms with Crippen molar-refractivity contribution in [2.45, 2.75) is 6.92 Å². The highest BCUT2D eigenvalue weighted by molar-refractivity contribution is 5.96. The fourth-order valence-corrected chi connectivity index (χ4v) is 4.76. The Morgan fingerprint density at radius 3 is 2.00 bits per heavy atom. The molecule has 0 spiro atoms. The van der Waals surface area contributed by atoms with Crippen LogP contribution in [-0.4, -0.2) is 0 Å². The molecule has 0 aliphatic carbocycles. The number of aryl methyl sites for hydroxylation is 1. The summed E-state index contributed by atoms with van der Waals surface area (Å²) in [5.74, 6) is 0. The quantitative estimate of drug-likeness (QED) is 0.255. The van der Waals surface area contributed by atoms with E-state index in [2.05, 4.69) is 139 Å². The van der Waals surface area contributed by atoms with Crippen LogP contribution in [0.4, 0.5) is 0 Å². The number of hydrogen-bond donors (Lipinski definition) is 0. The van der Waals surface area contributed by atoms with E-state index in [0.717, 1.165) is 0 Å². The molecule has 0 bridgehead atoms. The van der Waals surface area contributed by atoms with Gasteiger partial charge in [0.15, 0.2) is 0 Å². The first-order chi connectivity index (χ1) is 16.3. The van der Waals surface area contributed by atoms with Crippen molar-refractivity contribution < 1.29 is 4.57 Å². The molecule has 0 saturated carbocycles. The zero-order valence-electron chi connectivity index (χ0n) is 18.6. The Morgan fingerprint density at radius 2 is 1.18 bits per heavy atom. The molecular formula is C32H24N+. The van der Waals surface area contributed by atoms with Crippen molar-refractivity contribution in [1.82, 2.24) is 0 Å². The summed E-state index contributed by atoms with van der Waals surface area (Å²) in [6.07, 6.45) is 0. The van der Waals surface area contributed by atoms with Crippen LogP contribution < -0.4 is 4.57 Å². The van der Waals surface area contributed by atoms with Gasteiger partial charge in [0.05, 0.1) is 10.8 Å². The number of benzene rings is 5. The first-order valence-electron chi connectivity index (χ1n) is 11.4. The van der Waals surface area contributed by atoms with Crippen molar-refractivity contribution in [3.05, 3.63) is 133 Å². The van der Waals surface area contributed by atoms with E-state index in [1.165, 1.54) is 55.3 Å². The lowest BCUT2D eigenvalue weighted by Gasteiger charge is -2.13. The van der Waals surface area contributed by atoms with Crippen LogP contribution >= 0.6 is 0 Å². The number of fused-ring (bicyclic) bond motifs is 2. The van der Waals surface area contributed by atoms with Gasteiger partial charge in [-0.1, -0.05) is 90.5 Å². The zero-order valence-corrected chi connectivity index (χ0v) is 18.6. The van der Waals surface area contributed by atoms with E-state index in [0.29, 0.717) is 0 Å². The molecule has 0 aliphatic rings. The van der Waals surface area contributed by atoms with Crippen molar-refractivity contribution in [3.8, 4) is 28.1 Å². The summed E-state index contributed by atoms with van der Waals surface area (Å²) in [5, 5.41) is 3.73. The largest absolute Gasteiger partial charge is 0.219 e. The minimum absolute atomic E-state index is 1.18. The van der Waals surface area contributed by atoms with Gasteiger partial charge < -0.3 is 0 Å². The first-order valence-corrected chi connectivity index (χ1v) is 11.4. The monoisotopic (exact) mass is 422 g/mol. The third kappa shape index (κ3) is 3.39. The van der Waals surface area contributed by atoms with Gasteiger partial charge in [0.25, 0.3) is 0 Å². The number of aromatic nitrogens is 1. The summed E-state index contributed by atoms with van der Waals surface area (Å²) in [4.78, 5) is 0. The molecular weight excluding hydrogens is 398 g/mol. The van der Waals surface area contributed by atoms with Crippen LogP contribution in [0.25, 0.3) is 49.7 Å². The van der Waals surface area contributed by atoms with E-state index >= 15 is 0 Å². The summed E-state index contributed by atoms with van der Waals surface area (Å²) in [6.45, 7) is 2.14. The lowest BCUT2D eigenvalue weighted by atomic mass is 9.96. The maximum absolute atomic E-state index is 2.43. The highest BCUT2D eigenvalue weighted by Gasteiger charge is 2.25. The minimum Gasteiger partial charge on any atom is -0.152 e. The number of rotatable bonds is 3. The molecule has 0 unspecified atom stereocenters. The summed E-state index contributed by atoms with van der Waals surface area (Å²) < 4.78 is 2.43. The molecule has 1 aromatic heterocycles.